The molecule has 0 saturated carbocycles. The third kappa shape index (κ3) is 7.51. The molecule has 0 heterocycles. The summed E-state index contributed by atoms with van der Waals surface area (Å²) in [6.45, 7) is 8.07. The van der Waals surface area contributed by atoms with E-state index in [-0.39, 0.29) is 0 Å². The monoisotopic (exact) mass is 326 g/mol. The van der Waals surface area contributed by atoms with Gasteiger partial charge in [0.25, 0.3) is 0 Å². The van der Waals surface area contributed by atoms with Crippen molar-refractivity contribution in [3.8, 4) is 5.75 Å². The summed E-state index contributed by atoms with van der Waals surface area (Å²) in [6.07, 6.45) is 2.16. The molecule has 0 spiro atoms. The van der Waals surface area contributed by atoms with E-state index in [1.807, 2.05) is 12.1 Å². The summed E-state index contributed by atoms with van der Waals surface area (Å²) >= 11 is 0. The van der Waals surface area contributed by atoms with E-state index < -0.39 is 0 Å². The first kappa shape index (κ1) is 18.3. The van der Waals surface area contributed by atoms with Gasteiger partial charge < -0.3 is 15.4 Å². The Morgan fingerprint density at radius 1 is 0.917 bits per heavy atom. The zero-order valence-electron chi connectivity index (χ0n) is 14.9. The fourth-order valence-electron chi connectivity index (χ4n) is 2.41. The van der Waals surface area contributed by atoms with Crippen LogP contribution >= 0.6 is 0 Å². The maximum Gasteiger partial charge on any atom is 0.121 e. The Hall–Kier alpha value is -2.00. The molecule has 0 saturated heterocycles. The van der Waals surface area contributed by atoms with E-state index in [9.17, 15) is 0 Å². The van der Waals surface area contributed by atoms with Crippen LogP contribution in [0.25, 0.3) is 0 Å². The predicted molar refractivity (Wildman–Crippen MR) is 103 cm³/mol. The fraction of sp³-hybridized carbons (Fsp3) is 0.429. The second-order valence-corrected chi connectivity index (χ2v) is 6.47. The average Bonchev–Trinajstić information content (AvgIpc) is 2.59. The smallest absolute Gasteiger partial charge is 0.121 e. The van der Waals surface area contributed by atoms with E-state index in [4.69, 9.17) is 4.74 Å². The molecule has 24 heavy (non-hydrogen) atoms. The van der Waals surface area contributed by atoms with Crippen molar-refractivity contribution in [2.75, 3.05) is 31.6 Å². The highest BCUT2D eigenvalue weighted by molar-refractivity contribution is 5.48. The lowest BCUT2D eigenvalue weighted by Crippen LogP contribution is -2.24. The van der Waals surface area contributed by atoms with E-state index >= 15 is 0 Å². The lowest BCUT2D eigenvalue weighted by atomic mass is 10.1. The second-order valence-electron chi connectivity index (χ2n) is 6.47. The molecule has 0 aliphatic heterocycles. The van der Waals surface area contributed by atoms with Gasteiger partial charge in [0.05, 0.1) is 6.61 Å². The molecule has 3 nitrogen and oxygen atoms in total. The molecule has 0 aromatic heterocycles. The van der Waals surface area contributed by atoms with Gasteiger partial charge in [-0.05, 0) is 43.0 Å². The molecule has 0 fully saturated rings. The summed E-state index contributed by atoms with van der Waals surface area (Å²) in [5, 5.41) is 6.91. The van der Waals surface area contributed by atoms with E-state index in [1.54, 1.807) is 0 Å². The zero-order chi connectivity index (χ0) is 17.0. The molecular weight excluding hydrogens is 296 g/mol. The number of ether oxygens (including phenoxy) is 1. The Morgan fingerprint density at radius 3 is 2.54 bits per heavy atom. The van der Waals surface area contributed by atoms with Crippen molar-refractivity contribution in [2.24, 2.45) is 5.92 Å². The molecule has 3 heteroatoms. The molecule has 2 aromatic rings. The molecule has 0 bridgehead atoms. The largest absolute Gasteiger partial charge is 0.494 e. The maximum atomic E-state index is 5.80. The molecule has 0 aliphatic carbocycles. The molecule has 0 unspecified atom stereocenters. The lowest BCUT2D eigenvalue weighted by Gasteiger charge is -2.11. The molecule has 0 amide bonds. The van der Waals surface area contributed by atoms with Crippen LogP contribution in [-0.4, -0.2) is 26.2 Å². The number of benzene rings is 2. The van der Waals surface area contributed by atoms with E-state index in [0.717, 1.165) is 50.5 Å². The van der Waals surface area contributed by atoms with Gasteiger partial charge in [-0.25, -0.2) is 0 Å². The van der Waals surface area contributed by atoms with Crippen LogP contribution in [0, 0.1) is 5.92 Å². The quantitative estimate of drug-likeness (QED) is 0.602. The highest BCUT2D eigenvalue weighted by atomic mass is 16.5. The normalized spacial score (nSPS) is 10.8. The van der Waals surface area contributed by atoms with Gasteiger partial charge in [0.15, 0.2) is 0 Å². The SMILES string of the molecule is CC(C)CCOc1cccc(NCCNCCc2ccccc2)c1. The van der Waals surface area contributed by atoms with Gasteiger partial charge in [-0.15, -0.1) is 0 Å². The van der Waals surface area contributed by atoms with Crippen molar-refractivity contribution >= 4 is 5.69 Å². The Bertz CT molecular complexity index is 569. The number of anilines is 1. The molecule has 0 atom stereocenters. The predicted octanol–water partition coefficient (Wildman–Crippen LogP) is 4.36. The minimum Gasteiger partial charge on any atom is -0.494 e. The molecule has 2 aromatic carbocycles. The van der Waals surface area contributed by atoms with Gasteiger partial charge in [0.1, 0.15) is 5.75 Å². The molecule has 130 valence electrons. The topological polar surface area (TPSA) is 33.3 Å². The van der Waals surface area contributed by atoms with Crippen LogP contribution < -0.4 is 15.4 Å². The first-order valence-corrected chi connectivity index (χ1v) is 8.95. The van der Waals surface area contributed by atoms with Gasteiger partial charge in [-0.1, -0.05) is 50.2 Å². The molecule has 0 radical (unpaired) electrons. The molecular formula is C21H30N2O. The van der Waals surface area contributed by atoms with Crippen LogP contribution in [0.3, 0.4) is 0 Å². The third-order valence-corrected chi connectivity index (χ3v) is 3.86. The summed E-state index contributed by atoms with van der Waals surface area (Å²) in [7, 11) is 0. The van der Waals surface area contributed by atoms with E-state index in [0.29, 0.717) is 5.92 Å². The standard InChI is InChI=1S/C21H30N2O/c1-18(2)12-16-24-21-10-6-9-20(17-21)23-15-14-22-13-11-19-7-4-3-5-8-19/h3-10,17-18,22-23H,11-16H2,1-2H3. The Kier molecular flexibility index (Phi) is 8.19. The zero-order valence-corrected chi connectivity index (χ0v) is 14.9. The van der Waals surface area contributed by atoms with Crippen molar-refractivity contribution in [2.45, 2.75) is 26.7 Å². The Balaban J connectivity index is 1.60. The van der Waals surface area contributed by atoms with Crippen LogP contribution in [-0.2, 0) is 6.42 Å². The van der Waals surface area contributed by atoms with Gasteiger partial charge in [-0.2, -0.15) is 0 Å². The van der Waals surface area contributed by atoms with Gasteiger partial charge in [0, 0.05) is 24.8 Å². The van der Waals surface area contributed by atoms with Crippen LogP contribution in [0.2, 0.25) is 0 Å². The van der Waals surface area contributed by atoms with Crippen molar-refractivity contribution in [3.63, 3.8) is 0 Å². The van der Waals surface area contributed by atoms with Crippen LogP contribution in [0.15, 0.2) is 54.6 Å². The number of nitrogens with one attached hydrogen (secondary N) is 2. The first-order chi connectivity index (χ1) is 11.7. The maximum absolute atomic E-state index is 5.80. The van der Waals surface area contributed by atoms with Gasteiger partial charge >= 0.3 is 0 Å². The third-order valence-electron chi connectivity index (χ3n) is 3.86. The van der Waals surface area contributed by atoms with Crippen molar-refractivity contribution in [1.29, 1.82) is 0 Å². The summed E-state index contributed by atoms with van der Waals surface area (Å²) in [4.78, 5) is 0. The van der Waals surface area contributed by atoms with Gasteiger partial charge in [0.2, 0.25) is 0 Å². The van der Waals surface area contributed by atoms with E-state index in [2.05, 4.69) is 66.9 Å². The Morgan fingerprint density at radius 2 is 1.75 bits per heavy atom. The van der Waals surface area contributed by atoms with Crippen LogP contribution in [0.1, 0.15) is 25.8 Å². The summed E-state index contributed by atoms with van der Waals surface area (Å²) in [6, 6.07) is 18.8. The Labute approximate surface area is 146 Å². The summed E-state index contributed by atoms with van der Waals surface area (Å²) < 4.78 is 5.80. The number of hydrogen-bond acceptors (Lipinski definition) is 3. The highest BCUT2D eigenvalue weighted by Gasteiger charge is 1.99. The lowest BCUT2D eigenvalue weighted by molar-refractivity contribution is 0.289. The van der Waals surface area contributed by atoms with Crippen LogP contribution in [0.4, 0.5) is 5.69 Å². The average molecular weight is 326 g/mol. The fourth-order valence-corrected chi connectivity index (χ4v) is 2.41. The minimum absolute atomic E-state index is 0.674. The second kappa shape index (κ2) is 10.7. The molecule has 0 aliphatic rings. The first-order valence-electron chi connectivity index (χ1n) is 8.95. The molecule has 2 rings (SSSR count). The van der Waals surface area contributed by atoms with Crippen molar-refractivity contribution < 1.29 is 4.74 Å². The van der Waals surface area contributed by atoms with Crippen molar-refractivity contribution in [3.05, 3.63) is 60.2 Å². The number of hydrogen-bond donors (Lipinski definition) is 2. The molecule has 2 N–H and O–H groups in total. The van der Waals surface area contributed by atoms with Crippen molar-refractivity contribution in [1.82, 2.24) is 5.32 Å². The van der Waals surface area contributed by atoms with Crippen LogP contribution in [0.5, 0.6) is 5.75 Å². The van der Waals surface area contributed by atoms with Gasteiger partial charge in [-0.3, -0.25) is 0 Å². The summed E-state index contributed by atoms with van der Waals surface area (Å²) in [5.74, 6) is 1.62. The highest BCUT2D eigenvalue weighted by Crippen LogP contribution is 2.17. The van der Waals surface area contributed by atoms with E-state index in [1.165, 1.54) is 5.56 Å². The number of rotatable bonds is 11. The minimum atomic E-state index is 0.674. The summed E-state index contributed by atoms with van der Waals surface area (Å²) in [5.41, 5.74) is 2.49.